The fraction of sp³-hybridized carbons (Fsp3) is 0.227. The molecular weight excluding hydrogens is 469 g/mol. The maximum absolute atomic E-state index is 14.4. The highest BCUT2D eigenvalue weighted by molar-refractivity contribution is 5.85. The molecule has 4 aromatic rings. The third-order valence-electron chi connectivity index (χ3n) is 5.07. The summed E-state index contributed by atoms with van der Waals surface area (Å²) in [5, 5.41) is 26.7. The van der Waals surface area contributed by atoms with Gasteiger partial charge in [-0.25, -0.2) is 18.6 Å². The van der Waals surface area contributed by atoms with E-state index in [1.165, 1.54) is 12.3 Å². The number of carbonyl (C=O) groups is 1. The van der Waals surface area contributed by atoms with Gasteiger partial charge in [-0.2, -0.15) is 14.5 Å². The predicted molar refractivity (Wildman–Crippen MR) is 115 cm³/mol. The molecule has 182 valence electrons. The van der Waals surface area contributed by atoms with E-state index >= 15 is 0 Å². The van der Waals surface area contributed by atoms with E-state index in [0.29, 0.717) is 11.6 Å². The van der Waals surface area contributed by atoms with Crippen molar-refractivity contribution in [3.63, 3.8) is 0 Å². The van der Waals surface area contributed by atoms with Crippen LogP contribution in [0.15, 0.2) is 41.2 Å². The van der Waals surface area contributed by atoms with Gasteiger partial charge in [-0.15, -0.1) is 0 Å². The number of benzene rings is 1. The SMILES string of the molecule is CC(C)n1nccc1CN(Cc1ccc(C(=O)O)nc1)c1noc(-c2cc(F)c(F)c(O)c2F)n1. The number of halogens is 3. The molecule has 3 heterocycles. The Labute approximate surface area is 196 Å². The summed E-state index contributed by atoms with van der Waals surface area (Å²) in [6, 6.07) is 5.24. The normalized spacial score (nSPS) is 11.3. The molecule has 0 amide bonds. The van der Waals surface area contributed by atoms with E-state index in [0.717, 1.165) is 5.69 Å². The van der Waals surface area contributed by atoms with E-state index in [9.17, 15) is 23.1 Å². The first-order valence-corrected chi connectivity index (χ1v) is 10.3. The standard InChI is InChI=1S/C22H19F3N6O4/c1-11(2)31-13(5-6-27-31)10-30(9-12-3-4-16(21(33)34)26-8-12)22-28-20(35-29-22)14-7-15(23)18(25)19(32)17(14)24/h3-8,11,32H,9-10H2,1-2H3,(H,33,34). The molecule has 0 atom stereocenters. The fourth-order valence-electron chi connectivity index (χ4n) is 3.39. The lowest BCUT2D eigenvalue weighted by atomic mass is 10.2. The Balaban J connectivity index is 1.71. The maximum Gasteiger partial charge on any atom is 0.354 e. The van der Waals surface area contributed by atoms with E-state index < -0.39 is 40.6 Å². The van der Waals surface area contributed by atoms with Gasteiger partial charge in [0.2, 0.25) is 5.82 Å². The van der Waals surface area contributed by atoms with Gasteiger partial charge in [-0.1, -0.05) is 6.07 Å². The van der Waals surface area contributed by atoms with Gasteiger partial charge in [-0.3, -0.25) is 4.68 Å². The lowest BCUT2D eigenvalue weighted by Crippen LogP contribution is -2.25. The van der Waals surface area contributed by atoms with E-state index in [4.69, 9.17) is 9.63 Å². The van der Waals surface area contributed by atoms with Gasteiger partial charge >= 0.3 is 5.97 Å². The molecule has 13 heteroatoms. The molecule has 3 aromatic heterocycles. The number of hydrogen-bond donors (Lipinski definition) is 2. The van der Waals surface area contributed by atoms with Crippen LogP contribution in [0, 0.1) is 17.5 Å². The van der Waals surface area contributed by atoms with Gasteiger partial charge in [0.25, 0.3) is 11.8 Å². The number of carboxylic acids is 1. The zero-order chi connectivity index (χ0) is 25.3. The fourth-order valence-corrected chi connectivity index (χ4v) is 3.39. The molecule has 2 N–H and O–H groups in total. The summed E-state index contributed by atoms with van der Waals surface area (Å²) in [5.74, 6) is -7.84. The summed E-state index contributed by atoms with van der Waals surface area (Å²) >= 11 is 0. The zero-order valence-electron chi connectivity index (χ0n) is 18.5. The number of aromatic carboxylic acids is 1. The van der Waals surface area contributed by atoms with Crippen LogP contribution < -0.4 is 4.90 Å². The second-order valence-corrected chi connectivity index (χ2v) is 7.86. The van der Waals surface area contributed by atoms with E-state index in [-0.39, 0.29) is 30.8 Å². The van der Waals surface area contributed by atoms with Crippen molar-refractivity contribution in [2.24, 2.45) is 0 Å². The monoisotopic (exact) mass is 488 g/mol. The molecular formula is C22H19F3N6O4. The molecule has 0 aliphatic rings. The molecule has 0 bridgehead atoms. The number of aromatic hydroxyl groups is 1. The molecule has 0 saturated heterocycles. The number of rotatable bonds is 8. The summed E-state index contributed by atoms with van der Waals surface area (Å²) in [4.78, 5) is 20.7. The first-order valence-electron chi connectivity index (χ1n) is 10.3. The van der Waals surface area contributed by atoms with Crippen molar-refractivity contribution in [1.29, 1.82) is 0 Å². The van der Waals surface area contributed by atoms with Gasteiger partial charge in [0.05, 0.1) is 17.8 Å². The number of phenolic OH excluding ortho intramolecular Hbond substituents is 1. The Morgan fingerprint density at radius 1 is 1.17 bits per heavy atom. The molecule has 0 unspecified atom stereocenters. The second kappa shape index (κ2) is 9.44. The van der Waals surface area contributed by atoms with E-state index in [2.05, 4.69) is 20.2 Å². The van der Waals surface area contributed by atoms with Crippen LogP contribution in [0.2, 0.25) is 0 Å². The molecule has 0 radical (unpaired) electrons. The minimum absolute atomic E-state index is 0.0255. The van der Waals surface area contributed by atoms with Gasteiger partial charge < -0.3 is 19.6 Å². The zero-order valence-corrected chi connectivity index (χ0v) is 18.5. The third-order valence-corrected chi connectivity index (χ3v) is 5.07. The summed E-state index contributed by atoms with van der Waals surface area (Å²) in [7, 11) is 0. The molecule has 0 saturated carbocycles. The minimum atomic E-state index is -1.73. The number of nitrogens with zero attached hydrogens (tertiary/aromatic N) is 6. The summed E-state index contributed by atoms with van der Waals surface area (Å²) in [6.07, 6.45) is 3.00. The van der Waals surface area contributed by atoms with Crippen molar-refractivity contribution in [1.82, 2.24) is 24.9 Å². The van der Waals surface area contributed by atoms with Gasteiger partial charge in [0, 0.05) is 25.0 Å². The molecule has 35 heavy (non-hydrogen) atoms. The number of carboxylic acid groups (broad SMARTS) is 1. The average Bonchev–Trinajstić information content (AvgIpc) is 3.50. The molecule has 0 spiro atoms. The summed E-state index contributed by atoms with van der Waals surface area (Å²) < 4.78 is 48.5. The predicted octanol–water partition coefficient (Wildman–Crippen LogP) is 3.94. The molecule has 10 nitrogen and oxygen atoms in total. The smallest absolute Gasteiger partial charge is 0.354 e. The number of anilines is 1. The van der Waals surface area contributed by atoms with Crippen molar-refractivity contribution in [3.05, 3.63) is 71.1 Å². The first kappa shape index (κ1) is 23.7. The van der Waals surface area contributed by atoms with Crippen molar-refractivity contribution < 1.29 is 32.7 Å². The van der Waals surface area contributed by atoms with Crippen molar-refractivity contribution >= 4 is 11.9 Å². The first-order chi connectivity index (χ1) is 16.7. The summed E-state index contributed by atoms with van der Waals surface area (Å²) in [6.45, 7) is 4.24. The van der Waals surface area contributed by atoms with Crippen molar-refractivity contribution in [3.8, 4) is 17.2 Å². The minimum Gasteiger partial charge on any atom is -0.503 e. The summed E-state index contributed by atoms with van der Waals surface area (Å²) in [5.41, 5.74) is 0.639. The second-order valence-electron chi connectivity index (χ2n) is 7.86. The molecule has 0 fully saturated rings. The van der Waals surface area contributed by atoms with Crippen molar-refractivity contribution in [2.45, 2.75) is 33.0 Å². The lowest BCUT2D eigenvalue weighted by Gasteiger charge is -2.22. The van der Waals surface area contributed by atoms with Crippen LogP contribution in [0.1, 0.15) is 41.6 Å². The van der Waals surface area contributed by atoms with E-state index in [1.807, 2.05) is 13.8 Å². The van der Waals surface area contributed by atoms with Crippen LogP contribution in [0.4, 0.5) is 19.1 Å². The molecule has 0 aliphatic carbocycles. The number of pyridine rings is 1. The largest absolute Gasteiger partial charge is 0.503 e. The average molecular weight is 488 g/mol. The number of aromatic nitrogens is 5. The van der Waals surface area contributed by atoms with Crippen LogP contribution in [-0.2, 0) is 13.1 Å². The molecule has 1 aromatic carbocycles. The highest BCUT2D eigenvalue weighted by Crippen LogP contribution is 2.32. The van der Waals surface area contributed by atoms with Gasteiger partial charge in [0.1, 0.15) is 5.69 Å². The van der Waals surface area contributed by atoms with Crippen LogP contribution in [0.25, 0.3) is 11.5 Å². The topological polar surface area (TPSA) is 130 Å². The van der Waals surface area contributed by atoms with Crippen LogP contribution in [-0.4, -0.2) is 41.1 Å². The quantitative estimate of drug-likeness (QED) is 0.354. The van der Waals surface area contributed by atoms with Gasteiger partial charge in [-0.05, 0) is 42.8 Å². The van der Waals surface area contributed by atoms with Crippen LogP contribution >= 0.6 is 0 Å². The van der Waals surface area contributed by atoms with Crippen molar-refractivity contribution in [2.75, 3.05) is 4.90 Å². The number of hydrogen-bond acceptors (Lipinski definition) is 8. The lowest BCUT2D eigenvalue weighted by molar-refractivity contribution is 0.0690. The Bertz CT molecular complexity index is 1370. The van der Waals surface area contributed by atoms with Crippen LogP contribution in [0.3, 0.4) is 0 Å². The molecule has 0 aliphatic heterocycles. The Morgan fingerprint density at radius 3 is 2.60 bits per heavy atom. The third kappa shape index (κ3) is 4.78. The van der Waals surface area contributed by atoms with E-state index in [1.54, 1.807) is 27.9 Å². The van der Waals surface area contributed by atoms with Gasteiger partial charge in [0.15, 0.2) is 17.4 Å². The maximum atomic E-state index is 14.4. The Morgan fingerprint density at radius 2 is 1.94 bits per heavy atom. The Hall–Kier alpha value is -4.42. The van der Waals surface area contributed by atoms with Crippen LogP contribution in [0.5, 0.6) is 5.75 Å². The Kier molecular flexibility index (Phi) is 6.40. The number of phenols is 1. The molecule has 4 rings (SSSR count). The highest BCUT2D eigenvalue weighted by Gasteiger charge is 2.25. The highest BCUT2D eigenvalue weighted by atomic mass is 19.2.